The number of hydrogen-bond donors (Lipinski definition) is 0. The standard InChI is InChI=1S/C23H26N2O3/c26-23(16-7-2-1-3-8-16)25-22(20-12-6-14-28-20)19-11-4-9-17(21(19)24-25)15-18-10-5-13-27-18/h5-6,10,12-16,19,22H,1-4,7-9,11H2/b17-15-/t19-,22-/m1/s1. The molecular formula is C23H26N2O3. The lowest BCUT2D eigenvalue weighted by Crippen LogP contribution is -2.36. The summed E-state index contributed by atoms with van der Waals surface area (Å²) >= 11 is 0. The van der Waals surface area contributed by atoms with Crippen LogP contribution in [0.5, 0.6) is 0 Å². The van der Waals surface area contributed by atoms with Gasteiger partial charge in [0.1, 0.15) is 17.6 Å². The number of nitrogens with zero attached hydrogens (tertiary/aromatic N) is 2. The number of fused-ring (bicyclic) bond motifs is 1. The molecule has 0 aromatic carbocycles. The largest absolute Gasteiger partial charge is 0.467 e. The molecule has 3 aliphatic rings. The van der Waals surface area contributed by atoms with E-state index in [1.807, 2.05) is 24.3 Å². The minimum Gasteiger partial charge on any atom is -0.467 e. The summed E-state index contributed by atoms with van der Waals surface area (Å²) in [7, 11) is 0. The van der Waals surface area contributed by atoms with E-state index in [-0.39, 0.29) is 23.8 Å². The zero-order valence-electron chi connectivity index (χ0n) is 16.0. The van der Waals surface area contributed by atoms with Gasteiger partial charge in [0, 0.05) is 11.8 Å². The molecule has 28 heavy (non-hydrogen) atoms. The Labute approximate surface area is 165 Å². The lowest BCUT2D eigenvalue weighted by atomic mass is 9.79. The highest BCUT2D eigenvalue weighted by Crippen LogP contribution is 2.45. The van der Waals surface area contributed by atoms with Gasteiger partial charge in [0.05, 0.1) is 18.2 Å². The predicted molar refractivity (Wildman–Crippen MR) is 106 cm³/mol. The second-order valence-electron chi connectivity index (χ2n) is 8.15. The molecule has 1 amide bonds. The van der Waals surface area contributed by atoms with Gasteiger partial charge in [0.15, 0.2) is 0 Å². The van der Waals surface area contributed by atoms with Crippen LogP contribution in [0, 0.1) is 11.8 Å². The highest BCUT2D eigenvalue weighted by atomic mass is 16.3. The summed E-state index contributed by atoms with van der Waals surface area (Å²) in [4.78, 5) is 13.4. The Hall–Kier alpha value is -2.56. The molecule has 0 N–H and O–H groups in total. The van der Waals surface area contributed by atoms with Gasteiger partial charge in [-0.1, -0.05) is 19.3 Å². The van der Waals surface area contributed by atoms with E-state index in [0.29, 0.717) is 0 Å². The molecule has 0 unspecified atom stereocenters. The highest BCUT2D eigenvalue weighted by Gasteiger charge is 2.46. The van der Waals surface area contributed by atoms with E-state index in [4.69, 9.17) is 13.9 Å². The lowest BCUT2D eigenvalue weighted by Gasteiger charge is -2.30. The molecule has 2 aliphatic carbocycles. The van der Waals surface area contributed by atoms with Gasteiger partial charge in [0.2, 0.25) is 5.91 Å². The van der Waals surface area contributed by atoms with E-state index in [9.17, 15) is 4.79 Å². The van der Waals surface area contributed by atoms with Crippen LogP contribution >= 0.6 is 0 Å². The van der Waals surface area contributed by atoms with E-state index in [1.54, 1.807) is 17.5 Å². The Kier molecular flexibility index (Phi) is 4.67. The summed E-state index contributed by atoms with van der Waals surface area (Å²) in [6.45, 7) is 0. The van der Waals surface area contributed by atoms with E-state index >= 15 is 0 Å². The summed E-state index contributed by atoms with van der Waals surface area (Å²) in [6, 6.07) is 7.61. The van der Waals surface area contributed by atoms with Gasteiger partial charge in [-0.05, 0) is 68.0 Å². The molecular weight excluding hydrogens is 352 g/mol. The molecule has 5 rings (SSSR count). The number of amides is 1. The first-order valence-electron chi connectivity index (χ1n) is 10.5. The third-order valence-corrected chi connectivity index (χ3v) is 6.38. The molecule has 0 radical (unpaired) electrons. The van der Waals surface area contributed by atoms with Gasteiger partial charge in [-0.3, -0.25) is 4.79 Å². The average Bonchev–Trinajstić information content (AvgIpc) is 3.48. The molecule has 146 valence electrons. The molecule has 0 bridgehead atoms. The van der Waals surface area contributed by atoms with Gasteiger partial charge >= 0.3 is 0 Å². The van der Waals surface area contributed by atoms with Crippen LogP contribution in [0.15, 0.2) is 56.3 Å². The second-order valence-corrected chi connectivity index (χ2v) is 8.15. The van der Waals surface area contributed by atoms with Crippen LogP contribution in [0.2, 0.25) is 0 Å². The molecule has 5 nitrogen and oxygen atoms in total. The molecule has 2 saturated carbocycles. The van der Waals surface area contributed by atoms with Crippen molar-refractivity contribution in [3.05, 3.63) is 53.9 Å². The topological polar surface area (TPSA) is 59.0 Å². The normalized spacial score (nSPS) is 27.1. The van der Waals surface area contributed by atoms with Crippen LogP contribution in [0.1, 0.15) is 68.9 Å². The van der Waals surface area contributed by atoms with Crippen molar-refractivity contribution >= 4 is 17.7 Å². The van der Waals surface area contributed by atoms with Crippen molar-refractivity contribution in [2.24, 2.45) is 16.9 Å². The number of allylic oxidation sites excluding steroid dienone is 1. The highest BCUT2D eigenvalue weighted by molar-refractivity contribution is 6.08. The number of hydrogen-bond acceptors (Lipinski definition) is 4. The van der Waals surface area contributed by atoms with E-state index in [2.05, 4.69) is 6.08 Å². The monoisotopic (exact) mass is 378 g/mol. The van der Waals surface area contributed by atoms with Crippen molar-refractivity contribution < 1.29 is 13.6 Å². The van der Waals surface area contributed by atoms with Gasteiger partial charge in [0.25, 0.3) is 0 Å². The maximum atomic E-state index is 13.4. The summed E-state index contributed by atoms with van der Waals surface area (Å²) < 4.78 is 11.3. The lowest BCUT2D eigenvalue weighted by molar-refractivity contribution is -0.139. The van der Waals surface area contributed by atoms with Gasteiger partial charge in [-0.15, -0.1) is 0 Å². The van der Waals surface area contributed by atoms with E-state index in [1.165, 1.54) is 12.0 Å². The molecule has 2 aromatic rings. The molecule has 2 aromatic heterocycles. The smallest absolute Gasteiger partial charge is 0.246 e. The van der Waals surface area contributed by atoms with E-state index < -0.39 is 0 Å². The zero-order valence-corrected chi connectivity index (χ0v) is 16.0. The Bertz CT molecular complexity index is 873. The van der Waals surface area contributed by atoms with Crippen LogP contribution in [0.4, 0.5) is 0 Å². The van der Waals surface area contributed by atoms with Crippen LogP contribution in [0.25, 0.3) is 6.08 Å². The molecule has 2 atom stereocenters. The van der Waals surface area contributed by atoms with Crippen LogP contribution in [-0.2, 0) is 4.79 Å². The fourth-order valence-electron chi connectivity index (χ4n) is 5.00. The van der Waals surface area contributed by atoms with Crippen molar-refractivity contribution in [2.45, 2.75) is 57.4 Å². The Balaban J connectivity index is 1.51. The fourth-order valence-corrected chi connectivity index (χ4v) is 5.00. The molecule has 0 spiro atoms. The fraction of sp³-hybridized carbons (Fsp3) is 0.478. The number of furan rings is 2. The Morgan fingerprint density at radius 1 is 1.04 bits per heavy atom. The summed E-state index contributed by atoms with van der Waals surface area (Å²) in [5.74, 6) is 2.12. The van der Waals surface area contributed by atoms with Crippen molar-refractivity contribution in [3.8, 4) is 0 Å². The average molecular weight is 378 g/mol. The number of rotatable bonds is 3. The molecule has 3 heterocycles. The van der Waals surface area contributed by atoms with E-state index in [0.717, 1.165) is 62.2 Å². The SMILES string of the molecule is O=C(C1CCCCC1)N1N=C2/C(=C\c3ccco3)CCC[C@H]2[C@@H]1c1ccco1. The van der Waals surface area contributed by atoms with Gasteiger partial charge in [-0.2, -0.15) is 5.10 Å². The quantitative estimate of drug-likeness (QED) is 0.701. The van der Waals surface area contributed by atoms with Gasteiger partial charge < -0.3 is 8.83 Å². The first-order valence-corrected chi connectivity index (χ1v) is 10.5. The summed E-state index contributed by atoms with van der Waals surface area (Å²) in [5, 5.41) is 6.68. The van der Waals surface area contributed by atoms with Gasteiger partial charge in [-0.25, -0.2) is 5.01 Å². The minimum atomic E-state index is -0.125. The zero-order chi connectivity index (χ0) is 18.9. The van der Waals surface area contributed by atoms with Crippen LogP contribution in [-0.4, -0.2) is 16.6 Å². The van der Waals surface area contributed by atoms with Crippen molar-refractivity contribution in [2.75, 3.05) is 0 Å². The maximum absolute atomic E-state index is 13.4. The second kappa shape index (κ2) is 7.46. The molecule has 0 saturated heterocycles. The third-order valence-electron chi connectivity index (χ3n) is 6.38. The van der Waals surface area contributed by atoms with Crippen LogP contribution < -0.4 is 0 Å². The van der Waals surface area contributed by atoms with Crippen molar-refractivity contribution in [1.82, 2.24) is 5.01 Å². The first kappa shape index (κ1) is 17.5. The predicted octanol–water partition coefficient (Wildman–Crippen LogP) is 5.58. The number of carbonyl (C=O) groups is 1. The first-order chi connectivity index (χ1) is 13.8. The Morgan fingerprint density at radius 2 is 1.86 bits per heavy atom. The maximum Gasteiger partial charge on any atom is 0.246 e. The summed E-state index contributed by atoms with van der Waals surface area (Å²) in [6.07, 6.45) is 14.0. The minimum absolute atomic E-state index is 0.0909. The summed E-state index contributed by atoms with van der Waals surface area (Å²) in [5.41, 5.74) is 2.22. The van der Waals surface area contributed by atoms with Crippen molar-refractivity contribution in [3.63, 3.8) is 0 Å². The number of hydrazone groups is 1. The third kappa shape index (κ3) is 3.13. The Morgan fingerprint density at radius 3 is 2.61 bits per heavy atom. The molecule has 5 heteroatoms. The number of carbonyl (C=O) groups excluding carboxylic acids is 1. The molecule has 1 aliphatic heterocycles. The molecule has 2 fully saturated rings. The van der Waals surface area contributed by atoms with Crippen LogP contribution in [0.3, 0.4) is 0 Å². The van der Waals surface area contributed by atoms with Crippen molar-refractivity contribution in [1.29, 1.82) is 0 Å².